The van der Waals surface area contributed by atoms with Crippen molar-refractivity contribution in [3.8, 4) is 0 Å². The fourth-order valence-electron chi connectivity index (χ4n) is 2.60. The lowest BCUT2D eigenvalue weighted by molar-refractivity contribution is 0.218. The van der Waals surface area contributed by atoms with Crippen LogP contribution in [0.5, 0.6) is 0 Å². The van der Waals surface area contributed by atoms with Crippen LogP contribution in [0.1, 0.15) is 13.3 Å². The van der Waals surface area contributed by atoms with Gasteiger partial charge in [0.2, 0.25) is 0 Å². The van der Waals surface area contributed by atoms with Gasteiger partial charge in [-0.15, -0.1) is 0 Å². The second kappa shape index (κ2) is 7.13. The summed E-state index contributed by atoms with van der Waals surface area (Å²) in [6.07, 6.45) is 1.17. The maximum absolute atomic E-state index is 6.05. The second-order valence-electron chi connectivity index (χ2n) is 5.28. The fourth-order valence-corrected chi connectivity index (χ4v) is 2.78. The summed E-state index contributed by atoms with van der Waals surface area (Å²) in [6, 6.07) is 8.13. The lowest BCUT2D eigenvalue weighted by Crippen LogP contribution is -2.48. The van der Waals surface area contributed by atoms with E-state index in [1.807, 2.05) is 18.2 Å². The van der Waals surface area contributed by atoms with Gasteiger partial charge in [-0.1, -0.05) is 31.0 Å². The van der Waals surface area contributed by atoms with Gasteiger partial charge < -0.3 is 10.6 Å². The molecule has 0 aromatic heterocycles. The van der Waals surface area contributed by atoms with Crippen molar-refractivity contribution in [1.82, 2.24) is 4.90 Å². The lowest BCUT2D eigenvalue weighted by atomic mass is 10.1. The molecule has 2 rings (SSSR count). The van der Waals surface area contributed by atoms with Crippen LogP contribution in [0.2, 0.25) is 5.02 Å². The summed E-state index contributed by atoms with van der Waals surface area (Å²) in [6.45, 7) is 8.52. The third-order valence-electron chi connectivity index (χ3n) is 3.97. The molecule has 1 saturated heterocycles. The molecule has 0 amide bonds. The van der Waals surface area contributed by atoms with E-state index in [9.17, 15) is 0 Å². The molecule has 4 heteroatoms. The Morgan fingerprint density at radius 2 is 2.00 bits per heavy atom. The van der Waals surface area contributed by atoms with Crippen molar-refractivity contribution in [1.29, 1.82) is 0 Å². The zero-order chi connectivity index (χ0) is 13.7. The minimum atomic E-state index is 0.637. The van der Waals surface area contributed by atoms with Crippen LogP contribution in [0.25, 0.3) is 0 Å². The number of nitrogens with two attached hydrogens (primary N) is 1. The maximum atomic E-state index is 6.05. The molecule has 0 aliphatic carbocycles. The monoisotopic (exact) mass is 281 g/mol. The van der Waals surface area contributed by atoms with Crippen molar-refractivity contribution >= 4 is 17.3 Å². The van der Waals surface area contributed by atoms with E-state index in [0.717, 1.165) is 44.3 Å². The van der Waals surface area contributed by atoms with Crippen LogP contribution in [0.15, 0.2) is 24.3 Å². The van der Waals surface area contributed by atoms with Crippen molar-refractivity contribution in [2.45, 2.75) is 13.3 Å². The largest absolute Gasteiger partial charge is 0.369 e. The molecule has 1 atom stereocenters. The van der Waals surface area contributed by atoms with E-state index in [-0.39, 0.29) is 0 Å². The van der Waals surface area contributed by atoms with Gasteiger partial charge in [-0.05, 0) is 30.7 Å². The second-order valence-corrected chi connectivity index (χ2v) is 5.71. The van der Waals surface area contributed by atoms with E-state index >= 15 is 0 Å². The Hall–Kier alpha value is -0.770. The molecule has 1 heterocycles. The minimum Gasteiger partial charge on any atom is -0.369 e. The summed E-state index contributed by atoms with van der Waals surface area (Å²) in [7, 11) is 0. The Morgan fingerprint density at radius 3 is 2.58 bits per heavy atom. The third kappa shape index (κ3) is 4.10. The molecule has 106 valence electrons. The molecule has 1 aromatic carbocycles. The molecule has 0 radical (unpaired) electrons. The Balaban J connectivity index is 1.85. The van der Waals surface area contributed by atoms with Crippen molar-refractivity contribution in [3.63, 3.8) is 0 Å². The Morgan fingerprint density at radius 1 is 1.26 bits per heavy atom. The first-order valence-corrected chi connectivity index (χ1v) is 7.53. The molecule has 1 aliphatic heterocycles. The summed E-state index contributed by atoms with van der Waals surface area (Å²) in [5, 5.41) is 0.814. The fraction of sp³-hybridized carbons (Fsp3) is 0.600. The van der Waals surface area contributed by atoms with Crippen LogP contribution in [-0.4, -0.2) is 44.2 Å². The number of anilines is 1. The number of rotatable bonds is 5. The van der Waals surface area contributed by atoms with Crippen LogP contribution in [0, 0.1) is 5.92 Å². The van der Waals surface area contributed by atoms with E-state index in [1.54, 1.807) is 0 Å². The quantitative estimate of drug-likeness (QED) is 0.900. The van der Waals surface area contributed by atoms with Gasteiger partial charge in [0.25, 0.3) is 0 Å². The first-order valence-electron chi connectivity index (χ1n) is 7.16. The molecule has 0 bridgehead atoms. The molecule has 0 spiro atoms. The average Bonchev–Trinajstić information content (AvgIpc) is 2.45. The Labute approximate surface area is 121 Å². The molecule has 2 N–H and O–H groups in total. The molecule has 19 heavy (non-hydrogen) atoms. The molecular weight excluding hydrogens is 258 g/mol. The zero-order valence-electron chi connectivity index (χ0n) is 11.7. The highest BCUT2D eigenvalue weighted by Gasteiger charge is 2.19. The molecular formula is C15H24ClN3. The van der Waals surface area contributed by atoms with E-state index < -0.39 is 0 Å². The van der Waals surface area contributed by atoms with Gasteiger partial charge in [-0.25, -0.2) is 0 Å². The Kier molecular flexibility index (Phi) is 5.49. The predicted octanol–water partition coefficient (Wildman–Crippen LogP) is 2.45. The van der Waals surface area contributed by atoms with E-state index in [2.05, 4.69) is 22.8 Å². The first-order chi connectivity index (χ1) is 9.22. The van der Waals surface area contributed by atoms with Crippen molar-refractivity contribution in [3.05, 3.63) is 29.3 Å². The SMILES string of the molecule is CCC(CN)CN1CCN(c2cccc(Cl)c2)CC1. The number of nitrogens with zero attached hydrogens (tertiary/aromatic N) is 2. The molecule has 1 unspecified atom stereocenters. The van der Waals surface area contributed by atoms with Gasteiger partial charge in [0.15, 0.2) is 0 Å². The van der Waals surface area contributed by atoms with E-state index in [0.29, 0.717) is 5.92 Å². The number of halogens is 1. The van der Waals surface area contributed by atoms with Gasteiger partial charge in [0, 0.05) is 43.4 Å². The van der Waals surface area contributed by atoms with Gasteiger partial charge in [0.05, 0.1) is 0 Å². The summed E-state index contributed by atoms with van der Waals surface area (Å²) in [5.74, 6) is 0.637. The van der Waals surface area contributed by atoms with Gasteiger partial charge >= 0.3 is 0 Å². The number of piperazine rings is 1. The minimum absolute atomic E-state index is 0.637. The predicted molar refractivity (Wildman–Crippen MR) is 82.9 cm³/mol. The standard InChI is InChI=1S/C15H24ClN3/c1-2-13(11-17)12-18-6-8-19(9-7-18)15-5-3-4-14(16)10-15/h3-5,10,13H,2,6-9,11-12,17H2,1H3. The van der Waals surface area contributed by atoms with Crippen molar-refractivity contribution in [2.24, 2.45) is 11.7 Å². The van der Waals surface area contributed by atoms with Gasteiger partial charge in [-0.3, -0.25) is 4.90 Å². The Bertz CT molecular complexity index is 385. The highest BCUT2D eigenvalue weighted by atomic mass is 35.5. The summed E-state index contributed by atoms with van der Waals surface area (Å²) in [5.41, 5.74) is 7.02. The normalized spacial score (nSPS) is 18.6. The number of hydrogen-bond acceptors (Lipinski definition) is 3. The van der Waals surface area contributed by atoms with Gasteiger partial charge in [-0.2, -0.15) is 0 Å². The van der Waals surface area contributed by atoms with Gasteiger partial charge in [0.1, 0.15) is 0 Å². The third-order valence-corrected chi connectivity index (χ3v) is 4.21. The molecule has 1 aliphatic rings. The van der Waals surface area contributed by atoms with Crippen LogP contribution in [0.3, 0.4) is 0 Å². The van der Waals surface area contributed by atoms with E-state index in [4.69, 9.17) is 17.3 Å². The first kappa shape index (κ1) is 14.6. The number of hydrogen-bond donors (Lipinski definition) is 1. The van der Waals surface area contributed by atoms with Crippen LogP contribution in [-0.2, 0) is 0 Å². The molecule has 0 saturated carbocycles. The molecule has 1 fully saturated rings. The zero-order valence-corrected chi connectivity index (χ0v) is 12.4. The summed E-state index contributed by atoms with van der Waals surface area (Å²) < 4.78 is 0. The van der Waals surface area contributed by atoms with Crippen molar-refractivity contribution < 1.29 is 0 Å². The van der Waals surface area contributed by atoms with Crippen LogP contribution in [0.4, 0.5) is 5.69 Å². The number of benzene rings is 1. The highest BCUT2D eigenvalue weighted by molar-refractivity contribution is 6.30. The smallest absolute Gasteiger partial charge is 0.0426 e. The molecule has 1 aromatic rings. The molecule has 3 nitrogen and oxygen atoms in total. The summed E-state index contributed by atoms with van der Waals surface area (Å²) >= 11 is 6.05. The van der Waals surface area contributed by atoms with E-state index in [1.165, 1.54) is 12.1 Å². The van der Waals surface area contributed by atoms with Crippen LogP contribution < -0.4 is 10.6 Å². The maximum Gasteiger partial charge on any atom is 0.0426 e. The summed E-state index contributed by atoms with van der Waals surface area (Å²) in [4.78, 5) is 4.94. The van der Waals surface area contributed by atoms with Crippen LogP contribution >= 0.6 is 11.6 Å². The highest BCUT2D eigenvalue weighted by Crippen LogP contribution is 2.21. The van der Waals surface area contributed by atoms with Crippen molar-refractivity contribution in [2.75, 3.05) is 44.2 Å². The average molecular weight is 282 g/mol. The topological polar surface area (TPSA) is 32.5 Å². The lowest BCUT2D eigenvalue weighted by Gasteiger charge is -2.37.